The van der Waals surface area contributed by atoms with Crippen molar-refractivity contribution in [1.29, 1.82) is 0 Å². The highest BCUT2D eigenvalue weighted by molar-refractivity contribution is 5.79. The number of nitrogens with one attached hydrogen (secondary N) is 1. The van der Waals surface area contributed by atoms with Gasteiger partial charge in [0.1, 0.15) is 6.61 Å². The standard InChI is InChI=1S/C24H29NO3/c1-24(2)12-11-22(26)16(13-24)14-25-23(27)28-15-21-19-9-5-3-7-17(19)18-8-4-6-10-20(18)21/h3-10,16,21-22,26H,11-15H2,1-2H3,(H,25,27). The number of carbonyl (C=O) groups is 1. The highest BCUT2D eigenvalue weighted by Gasteiger charge is 2.34. The molecule has 4 heteroatoms. The number of alkyl carbamates (subject to hydrolysis) is 1. The molecule has 0 aromatic heterocycles. The Morgan fingerprint density at radius 3 is 2.36 bits per heavy atom. The zero-order valence-corrected chi connectivity index (χ0v) is 16.7. The van der Waals surface area contributed by atoms with Gasteiger partial charge in [0.05, 0.1) is 6.10 Å². The van der Waals surface area contributed by atoms with E-state index in [1.165, 1.54) is 22.3 Å². The number of hydrogen-bond donors (Lipinski definition) is 2. The third-order valence-corrected chi connectivity index (χ3v) is 6.33. The molecule has 148 valence electrons. The Balaban J connectivity index is 1.36. The minimum absolute atomic E-state index is 0.0670. The molecule has 1 fully saturated rings. The third-order valence-electron chi connectivity index (χ3n) is 6.33. The summed E-state index contributed by atoms with van der Waals surface area (Å²) < 4.78 is 5.59. The van der Waals surface area contributed by atoms with Crippen molar-refractivity contribution >= 4 is 6.09 Å². The van der Waals surface area contributed by atoms with Crippen LogP contribution in [-0.4, -0.2) is 30.5 Å². The van der Waals surface area contributed by atoms with Gasteiger partial charge in [-0.2, -0.15) is 0 Å². The van der Waals surface area contributed by atoms with E-state index in [4.69, 9.17) is 4.74 Å². The number of ether oxygens (including phenoxy) is 1. The van der Waals surface area contributed by atoms with Crippen LogP contribution in [0.25, 0.3) is 11.1 Å². The number of carbonyl (C=O) groups excluding carboxylic acids is 1. The van der Waals surface area contributed by atoms with E-state index in [9.17, 15) is 9.90 Å². The third kappa shape index (κ3) is 3.79. The van der Waals surface area contributed by atoms with Crippen molar-refractivity contribution in [3.8, 4) is 11.1 Å². The van der Waals surface area contributed by atoms with E-state index in [1.807, 2.05) is 24.3 Å². The fraction of sp³-hybridized carbons (Fsp3) is 0.458. The van der Waals surface area contributed by atoms with Gasteiger partial charge in [-0.05, 0) is 46.9 Å². The Morgan fingerprint density at radius 1 is 1.11 bits per heavy atom. The Morgan fingerprint density at radius 2 is 1.71 bits per heavy atom. The van der Waals surface area contributed by atoms with Crippen molar-refractivity contribution in [2.24, 2.45) is 11.3 Å². The quantitative estimate of drug-likeness (QED) is 0.809. The molecule has 2 aliphatic carbocycles. The molecule has 0 heterocycles. The molecule has 0 radical (unpaired) electrons. The Kier molecular flexibility index (Phi) is 5.15. The zero-order valence-electron chi connectivity index (χ0n) is 16.7. The summed E-state index contributed by atoms with van der Waals surface area (Å²) in [6.45, 7) is 5.22. The average Bonchev–Trinajstić information content (AvgIpc) is 3.01. The molecule has 1 amide bonds. The molecule has 0 aliphatic heterocycles. The van der Waals surface area contributed by atoms with Gasteiger partial charge in [-0.1, -0.05) is 62.4 Å². The highest BCUT2D eigenvalue weighted by atomic mass is 16.5. The van der Waals surface area contributed by atoms with E-state index in [2.05, 4.69) is 43.4 Å². The lowest BCUT2D eigenvalue weighted by molar-refractivity contribution is 0.0216. The lowest BCUT2D eigenvalue weighted by Crippen LogP contribution is -2.41. The maximum absolute atomic E-state index is 12.3. The molecule has 4 nitrogen and oxygen atoms in total. The summed E-state index contributed by atoms with van der Waals surface area (Å²) in [6.07, 6.45) is 1.98. The molecule has 28 heavy (non-hydrogen) atoms. The summed E-state index contributed by atoms with van der Waals surface area (Å²) in [5.74, 6) is 0.154. The molecule has 0 saturated heterocycles. The first kappa shape index (κ1) is 19.0. The monoisotopic (exact) mass is 379 g/mol. The second-order valence-electron chi connectivity index (χ2n) is 8.94. The van der Waals surface area contributed by atoms with Gasteiger partial charge in [-0.15, -0.1) is 0 Å². The number of amides is 1. The summed E-state index contributed by atoms with van der Waals surface area (Å²) in [7, 11) is 0. The molecule has 4 rings (SSSR count). The SMILES string of the molecule is CC1(C)CCC(O)C(CNC(=O)OCC2c3ccccc3-c3ccccc32)C1. The molecular weight excluding hydrogens is 350 g/mol. The van der Waals surface area contributed by atoms with Crippen LogP contribution in [0.4, 0.5) is 4.79 Å². The minimum Gasteiger partial charge on any atom is -0.449 e. The number of rotatable bonds is 4. The van der Waals surface area contributed by atoms with E-state index in [1.54, 1.807) is 0 Å². The fourth-order valence-corrected chi connectivity index (χ4v) is 4.79. The van der Waals surface area contributed by atoms with Crippen LogP contribution < -0.4 is 5.32 Å². The van der Waals surface area contributed by atoms with Gasteiger partial charge in [0.2, 0.25) is 0 Å². The normalized spacial score (nSPS) is 23.0. The molecule has 2 N–H and O–H groups in total. The summed E-state index contributed by atoms with van der Waals surface area (Å²) in [5.41, 5.74) is 5.08. The number of hydrogen-bond acceptors (Lipinski definition) is 3. The molecule has 2 aromatic carbocycles. The molecule has 2 aliphatic rings. The van der Waals surface area contributed by atoms with Crippen molar-refractivity contribution in [2.75, 3.05) is 13.2 Å². The Labute approximate surface area is 166 Å². The first-order chi connectivity index (χ1) is 13.4. The highest BCUT2D eigenvalue weighted by Crippen LogP contribution is 2.44. The smallest absolute Gasteiger partial charge is 0.407 e. The van der Waals surface area contributed by atoms with Crippen LogP contribution in [0.2, 0.25) is 0 Å². The predicted octanol–water partition coefficient (Wildman–Crippen LogP) is 4.71. The molecular formula is C24H29NO3. The van der Waals surface area contributed by atoms with E-state index < -0.39 is 6.09 Å². The van der Waals surface area contributed by atoms with E-state index in [-0.39, 0.29) is 23.4 Å². The topological polar surface area (TPSA) is 58.6 Å². The number of fused-ring (bicyclic) bond motifs is 3. The molecule has 2 unspecified atom stereocenters. The average molecular weight is 380 g/mol. The van der Waals surface area contributed by atoms with Gasteiger partial charge in [-0.25, -0.2) is 4.79 Å². The fourth-order valence-electron chi connectivity index (χ4n) is 4.79. The molecule has 2 aromatic rings. The van der Waals surface area contributed by atoms with Crippen molar-refractivity contribution in [3.63, 3.8) is 0 Å². The van der Waals surface area contributed by atoms with Gasteiger partial charge in [0, 0.05) is 18.4 Å². The second-order valence-corrected chi connectivity index (χ2v) is 8.94. The van der Waals surface area contributed by atoms with Gasteiger partial charge < -0.3 is 15.2 Å². The van der Waals surface area contributed by atoms with Crippen molar-refractivity contribution in [1.82, 2.24) is 5.32 Å². The van der Waals surface area contributed by atoms with Crippen LogP contribution in [0.15, 0.2) is 48.5 Å². The van der Waals surface area contributed by atoms with Crippen LogP contribution in [0.1, 0.15) is 50.2 Å². The van der Waals surface area contributed by atoms with E-state index >= 15 is 0 Å². The number of aliphatic hydroxyl groups excluding tert-OH is 1. The maximum Gasteiger partial charge on any atom is 0.407 e. The van der Waals surface area contributed by atoms with Crippen LogP contribution in [0.5, 0.6) is 0 Å². The summed E-state index contributed by atoms with van der Waals surface area (Å²) >= 11 is 0. The predicted molar refractivity (Wildman–Crippen MR) is 110 cm³/mol. The maximum atomic E-state index is 12.3. The molecule has 0 bridgehead atoms. The van der Waals surface area contributed by atoms with Crippen LogP contribution in [0.3, 0.4) is 0 Å². The van der Waals surface area contributed by atoms with E-state index in [0.29, 0.717) is 13.2 Å². The van der Waals surface area contributed by atoms with Gasteiger partial charge in [0.25, 0.3) is 0 Å². The van der Waals surface area contributed by atoms with E-state index in [0.717, 1.165) is 19.3 Å². The summed E-state index contributed by atoms with van der Waals surface area (Å²) in [5, 5.41) is 13.1. The van der Waals surface area contributed by atoms with Crippen LogP contribution >= 0.6 is 0 Å². The van der Waals surface area contributed by atoms with Crippen molar-refractivity contribution < 1.29 is 14.6 Å². The number of benzene rings is 2. The van der Waals surface area contributed by atoms with Crippen LogP contribution in [-0.2, 0) is 4.74 Å². The lowest BCUT2D eigenvalue weighted by atomic mass is 9.71. The van der Waals surface area contributed by atoms with Gasteiger partial charge >= 0.3 is 6.09 Å². The van der Waals surface area contributed by atoms with Gasteiger partial charge in [0.15, 0.2) is 0 Å². The first-order valence-corrected chi connectivity index (χ1v) is 10.2. The minimum atomic E-state index is -0.405. The van der Waals surface area contributed by atoms with Gasteiger partial charge in [-0.3, -0.25) is 0 Å². The summed E-state index contributed by atoms with van der Waals surface area (Å²) in [6, 6.07) is 16.6. The second kappa shape index (κ2) is 7.59. The number of aliphatic hydroxyl groups is 1. The van der Waals surface area contributed by atoms with Crippen LogP contribution in [0, 0.1) is 11.3 Å². The largest absolute Gasteiger partial charge is 0.449 e. The summed E-state index contributed by atoms with van der Waals surface area (Å²) in [4.78, 5) is 12.3. The molecule has 0 spiro atoms. The Hall–Kier alpha value is -2.33. The molecule has 1 saturated carbocycles. The zero-order chi connectivity index (χ0) is 19.7. The molecule has 2 atom stereocenters. The Bertz CT molecular complexity index is 815. The van der Waals surface area contributed by atoms with Crippen molar-refractivity contribution in [2.45, 2.75) is 45.1 Å². The van der Waals surface area contributed by atoms with Crippen molar-refractivity contribution in [3.05, 3.63) is 59.7 Å². The first-order valence-electron chi connectivity index (χ1n) is 10.2. The lowest BCUT2D eigenvalue weighted by Gasteiger charge is -2.38.